The third-order valence-corrected chi connectivity index (χ3v) is 2.49. The van der Waals surface area contributed by atoms with Crippen molar-refractivity contribution in [3.8, 4) is 0 Å². The topological polar surface area (TPSA) is 30.2 Å². The molecule has 0 unspecified atom stereocenters. The highest BCUT2D eigenvalue weighted by Gasteiger charge is 2.27. The van der Waals surface area contributed by atoms with Gasteiger partial charge >= 0.3 is 0 Å². The van der Waals surface area contributed by atoms with E-state index in [0.29, 0.717) is 10.9 Å². The van der Waals surface area contributed by atoms with E-state index in [1.807, 2.05) is 18.3 Å². The summed E-state index contributed by atoms with van der Waals surface area (Å²) < 4.78 is 1.78. The maximum absolute atomic E-state index is 5.84. The van der Waals surface area contributed by atoms with Crippen molar-refractivity contribution in [2.45, 2.75) is 18.8 Å². The van der Waals surface area contributed by atoms with Crippen LogP contribution in [0.25, 0.3) is 5.65 Å². The van der Waals surface area contributed by atoms with Gasteiger partial charge in [0.1, 0.15) is 0 Å². The number of nitrogens with zero attached hydrogens (tertiary/aromatic N) is 3. The Kier molecular flexibility index (Phi) is 1.38. The lowest BCUT2D eigenvalue weighted by atomic mass is 10.4. The first-order valence-electron chi connectivity index (χ1n) is 4.35. The molecule has 0 atom stereocenters. The van der Waals surface area contributed by atoms with Crippen LogP contribution < -0.4 is 0 Å². The molecule has 0 radical (unpaired) electrons. The van der Waals surface area contributed by atoms with Gasteiger partial charge in [-0.1, -0.05) is 11.6 Å². The smallest absolute Gasteiger partial charge is 0.157 e. The molecular formula is C9H8ClN3. The first-order chi connectivity index (χ1) is 6.33. The Morgan fingerprint density at radius 2 is 2.31 bits per heavy atom. The van der Waals surface area contributed by atoms with Gasteiger partial charge in [-0.05, 0) is 18.9 Å². The summed E-state index contributed by atoms with van der Waals surface area (Å²) in [6.07, 6.45) is 4.30. The summed E-state index contributed by atoms with van der Waals surface area (Å²) in [6, 6.07) is 3.65. The fourth-order valence-corrected chi connectivity index (χ4v) is 1.54. The molecule has 2 aromatic heterocycles. The van der Waals surface area contributed by atoms with Gasteiger partial charge in [0, 0.05) is 23.2 Å². The zero-order chi connectivity index (χ0) is 8.84. The normalized spacial score (nSPS) is 16.7. The molecule has 0 spiro atoms. The van der Waals surface area contributed by atoms with Crippen LogP contribution in [0.15, 0.2) is 18.3 Å². The average molecular weight is 194 g/mol. The number of hydrogen-bond acceptors (Lipinski definition) is 2. The van der Waals surface area contributed by atoms with E-state index in [1.165, 1.54) is 12.8 Å². The largest absolute Gasteiger partial charge is 0.221 e. The number of halogens is 1. The van der Waals surface area contributed by atoms with Crippen molar-refractivity contribution < 1.29 is 0 Å². The molecule has 1 fully saturated rings. The zero-order valence-electron chi connectivity index (χ0n) is 6.94. The van der Waals surface area contributed by atoms with E-state index in [2.05, 4.69) is 10.1 Å². The van der Waals surface area contributed by atoms with Gasteiger partial charge in [-0.3, -0.25) is 0 Å². The fraction of sp³-hybridized carbons (Fsp3) is 0.333. The monoisotopic (exact) mass is 193 g/mol. The molecule has 0 saturated heterocycles. The first-order valence-corrected chi connectivity index (χ1v) is 4.72. The van der Waals surface area contributed by atoms with Crippen molar-refractivity contribution in [1.29, 1.82) is 0 Å². The Labute approximate surface area is 80.3 Å². The number of rotatable bonds is 1. The summed E-state index contributed by atoms with van der Waals surface area (Å²) in [7, 11) is 0. The minimum atomic E-state index is 0.596. The molecule has 66 valence electrons. The molecule has 1 aliphatic carbocycles. The van der Waals surface area contributed by atoms with Crippen molar-refractivity contribution in [2.24, 2.45) is 0 Å². The zero-order valence-corrected chi connectivity index (χ0v) is 7.70. The van der Waals surface area contributed by atoms with Crippen LogP contribution in [0.4, 0.5) is 0 Å². The molecule has 0 N–H and O–H groups in total. The maximum atomic E-state index is 5.84. The molecule has 2 aromatic rings. The van der Waals surface area contributed by atoms with Gasteiger partial charge in [-0.25, -0.2) is 9.50 Å². The maximum Gasteiger partial charge on any atom is 0.157 e. The minimum Gasteiger partial charge on any atom is -0.221 e. The van der Waals surface area contributed by atoms with Crippen molar-refractivity contribution in [3.05, 3.63) is 29.2 Å². The molecular weight excluding hydrogens is 186 g/mol. The van der Waals surface area contributed by atoms with Crippen molar-refractivity contribution >= 4 is 17.2 Å². The van der Waals surface area contributed by atoms with Crippen molar-refractivity contribution in [3.63, 3.8) is 0 Å². The molecule has 2 heterocycles. The van der Waals surface area contributed by atoms with Crippen LogP contribution in [0, 0.1) is 0 Å². The van der Waals surface area contributed by atoms with E-state index >= 15 is 0 Å². The van der Waals surface area contributed by atoms with Crippen LogP contribution in [0.5, 0.6) is 0 Å². The highest BCUT2D eigenvalue weighted by molar-refractivity contribution is 6.30. The van der Waals surface area contributed by atoms with Crippen LogP contribution in [0.2, 0.25) is 5.02 Å². The SMILES string of the molecule is Clc1ccn2nc(C3CC3)nc2c1. The van der Waals surface area contributed by atoms with Gasteiger partial charge in [0.25, 0.3) is 0 Å². The van der Waals surface area contributed by atoms with E-state index in [0.717, 1.165) is 11.5 Å². The Hall–Kier alpha value is -1.09. The number of aromatic nitrogens is 3. The van der Waals surface area contributed by atoms with E-state index in [-0.39, 0.29) is 0 Å². The molecule has 3 rings (SSSR count). The predicted molar refractivity (Wildman–Crippen MR) is 50.0 cm³/mol. The first kappa shape index (κ1) is 7.33. The van der Waals surface area contributed by atoms with Gasteiger partial charge in [0.2, 0.25) is 0 Å². The summed E-state index contributed by atoms with van der Waals surface area (Å²) in [6.45, 7) is 0. The summed E-state index contributed by atoms with van der Waals surface area (Å²) in [4.78, 5) is 4.40. The lowest BCUT2D eigenvalue weighted by Gasteiger charge is -1.89. The lowest BCUT2D eigenvalue weighted by Crippen LogP contribution is -1.86. The molecule has 4 heteroatoms. The van der Waals surface area contributed by atoms with Crippen LogP contribution >= 0.6 is 11.6 Å². The Bertz CT molecular complexity index is 459. The highest BCUT2D eigenvalue weighted by atomic mass is 35.5. The Morgan fingerprint density at radius 1 is 1.46 bits per heavy atom. The van der Waals surface area contributed by atoms with Crippen molar-refractivity contribution in [1.82, 2.24) is 14.6 Å². The molecule has 1 saturated carbocycles. The van der Waals surface area contributed by atoms with Crippen molar-refractivity contribution in [2.75, 3.05) is 0 Å². The van der Waals surface area contributed by atoms with Crippen LogP contribution in [-0.2, 0) is 0 Å². The molecule has 3 nitrogen and oxygen atoms in total. The number of pyridine rings is 1. The Morgan fingerprint density at radius 3 is 3.08 bits per heavy atom. The second-order valence-electron chi connectivity index (χ2n) is 3.39. The summed E-state index contributed by atoms with van der Waals surface area (Å²) in [5.74, 6) is 1.56. The van der Waals surface area contributed by atoms with E-state index < -0.39 is 0 Å². The van der Waals surface area contributed by atoms with Gasteiger partial charge in [-0.15, -0.1) is 0 Å². The lowest BCUT2D eigenvalue weighted by molar-refractivity contribution is 0.878. The van der Waals surface area contributed by atoms with Gasteiger partial charge in [-0.2, -0.15) is 5.10 Å². The molecule has 0 bridgehead atoms. The second kappa shape index (κ2) is 2.45. The average Bonchev–Trinajstić information content (AvgIpc) is 2.87. The van der Waals surface area contributed by atoms with E-state index in [4.69, 9.17) is 11.6 Å². The minimum absolute atomic E-state index is 0.596. The third kappa shape index (κ3) is 1.20. The van der Waals surface area contributed by atoms with E-state index in [1.54, 1.807) is 4.52 Å². The van der Waals surface area contributed by atoms with E-state index in [9.17, 15) is 0 Å². The van der Waals surface area contributed by atoms with Gasteiger partial charge in [0.15, 0.2) is 11.5 Å². The summed E-state index contributed by atoms with van der Waals surface area (Å²) >= 11 is 5.84. The fourth-order valence-electron chi connectivity index (χ4n) is 1.39. The predicted octanol–water partition coefficient (Wildman–Crippen LogP) is 2.26. The Balaban J connectivity index is 2.20. The molecule has 0 aromatic carbocycles. The van der Waals surface area contributed by atoms with Crippen LogP contribution in [0.3, 0.4) is 0 Å². The molecule has 0 aliphatic heterocycles. The quantitative estimate of drug-likeness (QED) is 0.696. The highest BCUT2D eigenvalue weighted by Crippen LogP contribution is 2.38. The van der Waals surface area contributed by atoms with Crippen LogP contribution in [-0.4, -0.2) is 14.6 Å². The number of fused-ring (bicyclic) bond motifs is 1. The molecule has 1 aliphatic rings. The number of hydrogen-bond donors (Lipinski definition) is 0. The van der Waals surface area contributed by atoms with Gasteiger partial charge < -0.3 is 0 Å². The molecule has 13 heavy (non-hydrogen) atoms. The second-order valence-corrected chi connectivity index (χ2v) is 3.83. The van der Waals surface area contributed by atoms with Gasteiger partial charge in [0.05, 0.1) is 0 Å². The standard InChI is InChI=1S/C9H8ClN3/c10-7-3-4-13-8(5-7)11-9(12-13)6-1-2-6/h3-6H,1-2H2. The summed E-state index contributed by atoms with van der Waals surface area (Å²) in [5, 5.41) is 5.07. The molecule has 0 amide bonds. The van der Waals surface area contributed by atoms with Crippen LogP contribution in [0.1, 0.15) is 24.6 Å². The third-order valence-electron chi connectivity index (χ3n) is 2.26. The summed E-state index contributed by atoms with van der Waals surface area (Å²) in [5.41, 5.74) is 0.842.